The first-order valence-corrected chi connectivity index (χ1v) is 14.0. The number of likely N-dealkylation sites (tertiary alicyclic amines) is 2. The lowest BCUT2D eigenvalue weighted by Crippen LogP contribution is -2.59. The average Bonchev–Trinajstić information content (AvgIpc) is 3.63. The molecule has 3 amide bonds. The number of hydrogen-bond acceptors (Lipinski definition) is 4. The summed E-state index contributed by atoms with van der Waals surface area (Å²) >= 11 is 0. The Bertz CT molecular complexity index is 1340. The number of halogens is 1. The first-order valence-electron chi connectivity index (χ1n) is 14.0. The van der Waals surface area contributed by atoms with Crippen LogP contribution in [0.3, 0.4) is 0 Å². The fraction of sp³-hybridized carbons (Fsp3) is 0.452. The van der Waals surface area contributed by atoms with E-state index in [0.29, 0.717) is 32.4 Å². The van der Waals surface area contributed by atoms with Crippen molar-refractivity contribution in [2.75, 3.05) is 26.2 Å². The van der Waals surface area contributed by atoms with Gasteiger partial charge in [0.15, 0.2) is 0 Å². The normalized spacial score (nSPS) is 17.8. The largest absolute Gasteiger partial charge is 0.361 e. The molecule has 0 radical (unpaired) electrons. The Labute approximate surface area is 242 Å². The molecule has 1 aromatic heterocycles. The van der Waals surface area contributed by atoms with Crippen LogP contribution in [0.4, 0.5) is 0 Å². The summed E-state index contributed by atoms with van der Waals surface area (Å²) in [4.78, 5) is 47.8. The maximum atomic E-state index is 14.0. The van der Waals surface area contributed by atoms with E-state index in [4.69, 9.17) is 5.73 Å². The van der Waals surface area contributed by atoms with Crippen LogP contribution in [-0.2, 0) is 26.2 Å². The number of rotatable bonds is 7. The number of piperidine rings is 1. The van der Waals surface area contributed by atoms with Crippen molar-refractivity contribution in [2.45, 2.75) is 62.9 Å². The van der Waals surface area contributed by atoms with Crippen molar-refractivity contribution in [1.29, 1.82) is 0 Å². The molecule has 1 atom stereocenters. The number of benzene rings is 2. The lowest BCUT2D eigenvalue weighted by Gasteiger charge is -2.43. The van der Waals surface area contributed by atoms with Gasteiger partial charge < -0.3 is 25.8 Å². The van der Waals surface area contributed by atoms with Crippen molar-refractivity contribution >= 4 is 41.0 Å². The number of hydrogen-bond donors (Lipinski definition) is 3. The first-order chi connectivity index (χ1) is 18.7. The van der Waals surface area contributed by atoms with Crippen molar-refractivity contribution in [3.63, 3.8) is 0 Å². The number of nitrogens with one attached hydrogen (secondary N) is 2. The molecule has 9 heteroatoms. The van der Waals surface area contributed by atoms with Gasteiger partial charge in [0.2, 0.25) is 17.7 Å². The molecular weight excluding hydrogens is 526 g/mol. The lowest BCUT2D eigenvalue weighted by molar-refractivity contribution is -0.143. The predicted octanol–water partition coefficient (Wildman–Crippen LogP) is 3.54. The second-order valence-corrected chi connectivity index (χ2v) is 11.6. The molecule has 0 spiro atoms. The zero-order chi connectivity index (χ0) is 27.6. The summed E-state index contributed by atoms with van der Waals surface area (Å²) < 4.78 is 0. The molecule has 3 heterocycles. The number of amides is 3. The molecular formula is C31H40ClN5O3. The van der Waals surface area contributed by atoms with E-state index in [1.54, 1.807) is 13.8 Å². The summed E-state index contributed by atoms with van der Waals surface area (Å²) in [5.41, 5.74) is 7.27. The van der Waals surface area contributed by atoms with Gasteiger partial charge in [0, 0.05) is 49.7 Å². The van der Waals surface area contributed by atoms with Gasteiger partial charge in [0.1, 0.15) is 6.04 Å². The average molecular weight is 566 g/mol. The van der Waals surface area contributed by atoms with Crippen molar-refractivity contribution in [1.82, 2.24) is 20.1 Å². The molecule has 3 aromatic rings. The zero-order valence-corrected chi connectivity index (χ0v) is 24.1. The Balaban J connectivity index is 0.00000370. The molecule has 2 saturated heterocycles. The van der Waals surface area contributed by atoms with Gasteiger partial charge in [-0.15, -0.1) is 12.4 Å². The van der Waals surface area contributed by atoms with Crippen LogP contribution in [0.1, 0.15) is 50.7 Å². The number of para-hydroxylation sites is 1. The van der Waals surface area contributed by atoms with E-state index in [9.17, 15) is 14.4 Å². The third-order valence-electron chi connectivity index (χ3n) is 8.35. The molecule has 40 heavy (non-hydrogen) atoms. The molecule has 0 bridgehead atoms. The van der Waals surface area contributed by atoms with Crippen molar-refractivity contribution in [3.05, 3.63) is 71.9 Å². The van der Waals surface area contributed by atoms with Crippen LogP contribution < -0.4 is 11.1 Å². The number of nitrogens with two attached hydrogens (primary N) is 1. The zero-order valence-electron chi connectivity index (χ0n) is 23.3. The molecule has 8 nitrogen and oxygen atoms in total. The molecule has 2 fully saturated rings. The van der Waals surface area contributed by atoms with Gasteiger partial charge in [0.05, 0.1) is 11.0 Å². The van der Waals surface area contributed by atoms with Gasteiger partial charge in [-0.1, -0.05) is 48.5 Å². The van der Waals surface area contributed by atoms with Crippen LogP contribution >= 0.6 is 12.4 Å². The summed E-state index contributed by atoms with van der Waals surface area (Å²) in [7, 11) is 0. The van der Waals surface area contributed by atoms with Crippen LogP contribution in [0.15, 0.2) is 60.8 Å². The Morgan fingerprint density at radius 2 is 1.57 bits per heavy atom. The Kier molecular flexibility index (Phi) is 8.90. The van der Waals surface area contributed by atoms with E-state index in [0.717, 1.165) is 48.0 Å². The van der Waals surface area contributed by atoms with Crippen LogP contribution in [0.25, 0.3) is 10.9 Å². The number of H-pyrrole nitrogens is 1. The smallest absolute Gasteiger partial charge is 0.245 e. The van der Waals surface area contributed by atoms with Gasteiger partial charge in [-0.25, -0.2) is 0 Å². The van der Waals surface area contributed by atoms with Crippen LogP contribution in [0.2, 0.25) is 0 Å². The van der Waals surface area contributed by atoms with Crippen molar-refractivity contribution in [3.8, 4) is 0 Å². The quantitative estimate of drug-likeness (QED) is 0.407. The monoisotopic (exact) mass is 565 g/mol. The lowest BCUT2D eigenvalue weighted by atomic mass is 9.71. The molecule has 2 aromatic carbocycles. The second kappa shape index (κ2) is 12.0. The fourth-order valence-electron chi connectivity index (χ4n) is 6.00. The van der Waals surface area contributed by atoms with E-state index < -0.39 is 17.0 Å². The van der Waals surface area contributed by atoms with Gasteiger partial charge in [-0.3, -0.25) is 14.4 Å². The highest BCUT2D eigenvalue weighted by molar-refractivity contribution is 5.93. The molecule has 0 saturated carbocycles. The summed E-state index contributed by atoms with van der Waals surface area (Å²) in [5.74, 6) is -0.347. The fourth-order valence-corrected chi connectivity index (χ4v) is 6.00. The predicted molar refractivity (Wildman–Crippen MR) is 159 cm³/mol. The number of carbonyl (C=O) groups is 3. The van der Waals surface area contributed by atoms with Crippen molar-refractivity contribution < 1.29 is 14.4 Å². The summed E-state index contributed by atoms with van der Waals surface area (Å²) in [6.45, 7) is 5.75. The number of aromatic nitrogens is 1. The van der Waals surface area contributed by atoms with E-state index in [2.05, 4.69) is 10.3 Å². The highest BCUT2D eigenvalue weighted by atomic mass is 35.5. The van der Waals surface area contributed by atoms with E-state index in [-0.39, 0.29) is 30.1 Å². The Hall–Kier alpha value is -3.36. The SMILES string of the molecule is CC(C)(N)C(=O)N[C@H](Cc1c[nH]c2ccccc12)C(=O)N1CCC(C(=O)N2CCCC2)(c2ccccc2)CC1.Cl. The Morgan fingerprint density at radius 3 is 2.23 bits per heavy atom. The van der Waals surface area contributed by atoms with Gasteiger partial charge in [0.25, 0.3) is 0 Å². The highest BCUT2D eigenvalue weighted by Gasteiger charge is 2.46. The molecule has 214 valence electrons. The summed E-state index contributed by atoms with van der Waals surface area (Å²) in [5, 5.41) is 3.96. The third-order valence-corrected chi connectivity index (χ3v) is 8.35. The van der Waals surface area contributed by atoms with Crippen molar-refractivity contribution in [2.24, 2.45) is 5.73 Å². The number of carbonyl (C=O) groups excluding carboxylic acids is 3. The highest BCUT2D eigenvalue weighted by Crippen LogP contribution is 2.38. The third kappa shape index (κ3) is 5.88. The maximum Gasteiger partial charge on any atom is 0.245 e. The van der Waals surface area contributed by atoms with Crippen LogP contribution in [0.5, 0.6) is 0 Å². The molecule has 0 unspecified atom stereocenters. The van der Waals surface area contributed by atoms with E-state index >= 15 is 0 Å². The standard InChI is InChI=1S/C31H39N5O3.ClH/c1-30(2,32)28(38)34-26(20-22-21-33-25-13-7-6-12-24(22)25)27(37)35-18-14-31(15-19-35,23-10-4-3-5-11-23)29(39)36-16-8-9-17-36;/h3-7,10-13,21,26,33H,8-9,14-20,32H2,1-2H3,(H,34,38);1H/t26-;/m1./s1. The van der Waals surface area contributed by atoms with Gasteiger partial charge in [-0.2, -0.15) is 0 Å². The molecule has 2 aliphatic heterocycles. The maximum absolute atomic E-state index is 14.0. The summed E-state index contributed by atoms with van der Waals surface area (Å²) in [6.07, 6.45) is 5.41. The van der Waals surface area contributed by atoms with E-state index in [1.165, 1.54) is 0 Å². The van der Waals surface area contributed by atoms with E-state index in [1.807, 2.05) is 70.6 Å². The van der Waals surface area contributed by atoms with Gasteiger partial charge in [-0.05, 0) is 56.7 Å². The molecule has 2 aliphatic rings. The Morgan fingerprint density at radius 1 is 0.950 bits per heavy atom. The minimum atomic E-state index is -1.12. The minimum Gasteiger partial charge on any atom is -0.361 e. The summed E-state index contributed by atoms with van der Waals surface area (Å²) in [6, 6.07) is 17.2. The molecule has 5 rings (SSSR count). The van der Waals surface area contributed by atoms with Crippen LogP contribution in [0, 0.1) is 0 Å². The van der Waals surface area contributed by atoms with Crippen LogP contribution in [-0.4, -0.2) is 70.3 Å². The number of nitrogens with zero attached hydrogens (tertiary/aromatic N) is 2. The number of fused-ring (bicyclic) bond motifs is 1. The first kappa shape index (κ1) is 29.6. The minimum absolute atomic E-state index is 0. The van der Waals surface area contributed by atoms with Gasteiger partial charge >= 0.3 is 0 Å². The topological polar surface area (TPSA) is 112 Å². The second-order valence-electron chi connectivity index (χ2n) is 11.6. The number of aromatic amines is 1. The molecule has 0 aliphatic carbocycles. The molecule has 4 N–H and O–H groups in total.